The zero-order valence-corrected chi connectivity index (χ0v) is 10.6. The van der Waals surface area contributed by atoms with Gasteiger partial charge in [0.15, 0.2) is 0 Å². The van der Waals surface area contributed by atoms with Gasteiger partial charge in [-0.05, 0) is 44.9 Å². The van der Waals surface area contributed by atoms with E-state index in [9.17, 15) is 4.39 Å². The minimum absolute atomic E-state index is 0.172. The Morgan fingerprint density at radius 1 is 1.29 bits per heavy atom. The van der Waals surface area contributed by atoms with Gasteiger partial charge in [0.2, 0.25) is 0 Å². The van der Waals surface area contributed by atoms with E-state index in [0.717, 1.165) is 31.6 Å². The van der Waals surface area contributed by atoms with Crippen molar-refractivity contribution in [1.29, 1.82) is 0 Å². The van der Waals surface area contributed by atoms with Gasteiger partial charge in [-0.25, -0.2) is 4.39 Å². The Hall–Kier alpha value is -1.09. The summed E-state index contributed by atoms with van der Waals surface area (Å²) < 4.78 is 13.0. The van der Waals surface area contributed by atoms with Crippen LogP contribution in [0.1, 0.15) is 26.7 Å². The number of nitrogens with one attached hydrogen (secondary N) is 1. The molecule has 1 aliphatic heterocycles. The van der Waals surface area contributed by atoms with Gasteiger partial charge >= 0.3 is 0 Å². The molecule has 17 heavy (non-hydrogen) atoms. The lowest BCUT2D eigenvalue weighted by Gasteiger charge is -2.35. The lowest BCUT2D eigenvalue weighted by molar-refractivity contribution is 0.177. The predicted molar refractivity (Wildman–Crippen MR) is 69.8 cm³/mol. The molecular formula is C14H21FN2. The van der Waals surface area contributed by atoms with Gasteiger partial charge in [0.1, 0.15) is 5.82 Å². The van der Waals surface area contributed by atoms with Crippen LogP contribution in [0.15, 0.2) is 24.3 Å². The highest BCUT2D eigenvalue weighted by molar-refractivity contribution is 5.44. The van der Waals surface area contributed by atoms with Crippen LogP contribution < -0.4 is 5.32 Å². The van der Waals surface area contributed by atoms with Gasteiger partial charge in [-0.1, -0.05) is 6.07 Å². The molecule has 2 rings (SSSR count). The molecule has 1 aliphatic rings. The van der Waals surface area contributed by atoms with E-state index in [1.165, 1.54) is 6.07 Å². The smallest absolute Gasteiger partial charge is 0.125 e. The van der Waals surface area contributed by atoms with Gasteiger partial charge in [0, 0.05) is 30.9 Å². The first-order valence-electron chi connectivity index (χ1n) is 6.41. The number of piperidine rings is 1. The van der Waals surface area contributed by atoms with Crippen LogP contribution in [0.2, 0.25) is 0 Å². The average molecular weight is 236 g/mol. The van der Waals surface area contributed by atoms with E-state index >= 15 is 0 Å². The van der Waals surface area contributed by atoms with Gasteiger partial charge in [-0.3, -0.25) is 0 Å². The standard InChI is InChI=1S/C14H21FN2/c1-11(2)17-8-6-13(7-9-17)16-14-5-3-4-12(15)10-14/h3-5,10-11,13,16H,6-9H2,1-2H3. The van der Waals surface area contributed by atoms with Crippen molar-refractivity contribution < 1.29 is 4.39 Å². The second-order valence-corrected chi connectivity index (χ2v) is 5.06. The minimum atomic E-state index is -0.172. The highest BCUT2D eigenvalue weighted by atomic mass is 19.1. The molecular weight excluding hydrogens is 215 g/mol. The number of hydrogen-bond acceptors (Lipinski definition) is 2. The van der Waals surface area contributed by atoms with Crippen molar-refractivity contribution in [2.45, 2.75) is 38.8 Å². The molecule has 0 aromatic heterocycles. The van der Waals surface area contributed by atoms with Crippen molar-refractivity contribution in [3.8, 4) is 0 Å². The third kappa shape index (κ3) is 3.43. The van der Waals surface area contributed by atoms with Crippen molar-refractivity contribution >= 4 is 5.69 Å². The minimum Gasteiger partial charge on any atom is -0.382 e. The zero-order chi connectivity index (χ0) is 12.3. The molecule has 0 unspecified atom stereocenters. The first-order chi connectivity index (χ1) is 8.15. The summed E-state index contributed by atoms with van der Waals surface area (Å²) >= 11 is 0. The van der Waals surface area contributed by atoms with E-state index in [1.807, 2.05) is 6.07 Å². The van der Waals surface area contributed by atoms with Crippen LogP contribution in [0.4, 0.5) is 10.1 Å². The highest BCUT2D eigenvalue weighted by Gasteiger charge is 2.20. The van der Waals surface area contributed by atoms with Gasteiger partial charge in [-0.15, -0.1) is 0 Å². The third-order valence-electron chi connectivity index (χ3n) is 3.46. The number of halogens is 1. The Morgan fingerprint density at radius 3 is 2.59 bits per heavy atom. The molecule has 1 aromatic rings. The Morgan fingerprint density at radius 2 is 2.00 bits per heavy atom. The molecule has 0 amide bonds. The summed E-state index contributed by atoms with van der Waals surface area (Å²) in [4.78, 5) is 2.49. The quantitative estimate of drug-likeness (QED) is 0.867. The van der Waals surface area contributed by atoms with E-state index in [-0.39, 0.29) is 5.82 Å². The van der Waals surface area contributed by atoms with E-state index in [4.69, 9.17) is 0 Å². The summed E-state index contributed by atoms with van der Waals surface area (Å²) in [5, 5.41) is 3.41. The van der Waals surface area contributed by atoms with Gasteiger partial charge in [0.25, 0.3) is 0 Å². The molecule has 1 saturated heterocycles. The molecule has 94 valence electrons. The molecule has 0 atom stereocenters. The van der Waals surface area contributed by atoms with Crippen LogP contribution in [-0.2, 0) is 0 Å². The number of hydrogen-bond donors (Lipinski definition) is 1. The molecule has 0 bridgehead atoms. The Labute approximate surface area is 103 Å². The maximum atomic E-state index is 13.0. The number of nitrogens with zero attached hydrogens (tertiary/aromatic N) is 1. The van der Waals surface area contributed by atoms with E-state index in [2.05, 4.69) is 24.1 Å². The highest BCUT2D eigenvalue weighted by Crippen LogP contribution is 2.18. The number of rotatable bonds is 3. The van der Waals surface area contributed by atoms with E-state index in [0.29, 0.717) is 12.1 Å². The maximum absolute atomic E-state index is 13.0. The van der Waals surface area contributed by atoms with Crippen molar-refractivity contribution in [1.82, 2.24) is 4.90 Å². The first-order valence-corrected chi connectivity index (χ1v) is 6.41. The topological polar surface area (TPSA) is 15.3 Å². The predicted octanol–water partition coefficient (Wildman–Crippen LogP) is 3.11. The summed E-state index contributed by atoms with van der Waals surface area (Å²) in [6, 6.07) is 7.83. The van der Waals surface area contributed by atoms with E-state index in [1.54, 1.807) is 12.1 Å². The van der Waals surface area contributed by atoms with Crippen molar-refractivity contribution in [2.24, 2.45) is 0 Å². The second kappa shape index (κ2) is 5.50. The average Bonchev–Trinajstić information content (AvgIpc) is 2.29. The molecule has 0 spiro atoms. The molecule has 0 aliphatic carbocycles. The van der Waals surface area contributed by atoms with Crippen LogP contribution >= 0.6 is 0 Å². The lowest BCUT2D eigenvalue weighted by Crippen LogP contribution is -2.42. The maximum Gasteiger partial charge on any atom is 0.125 e. The first kappa shape index (κ1) is 12.4. The fourth-order valence-electron chi connectivity index (χ4n) is 2.37. The summed E-state index contributed by atoms with van der Waals surface area (Å²) in [5.74, 6) is -0.172. The lowest BCUT2D eigenvalue weighted by atomic mass is 10.0. The van der Waals surface area contributed by atoms with Crippen LogP contribution in [0.5, 0.6) is 0 Å². The number of benzene rings is 1. The Balaban J connectivity index is 1.86. The summed E-state index contributed by atoms with van der Waals surface area (Å²) in [6.07, 6.45) is 2.27. The SMILES string of the molecule is CC(C)N1CCC(Nc2cccc(F)c2)CC1. The molecule has 1 heterocycles. The van der Waals surface area contributed by atoms with Crippen molar-refractivity contribution in [3.63, 3.8) is 0 Å². The molecule has 1 fully saturated rings. The van der Waals surface area contributed by atoms with Crippen LogP contribution in [0.3, 0.4) is 0 Å². The molecule has 2 nitrogen and oxygen atoms in total. The van der Waals surface area contributed by atoms with Gasteiger partial charge < -0.3 is 10.2 Å². The normalized spacial score (nSPS) is 18.6. The monoisotopic (exact) mass is 236 g/mol. The fourth-order valence-corrected chi connectivity index (χ4v) is 2.37. The van der Waals surface area contributed by atoms with Crippen molar-refractivity contribution in [2.75, 3.05) is 18.4 Å². The number of likely N-dealkylation sites (tertiary alicyclic amines) is 1. The summed E-state index contributed by atoms with van der Waals surface area (Å²) in [6.45, 7) is 6.73. The largest absolute Gasteiger partial charge is 0.382 e. The molecule has 0 radical (unpaired) electrons. The van der Waals surface area contributed by atoms with Crippen molar-refractivity contribution in [3.05, 3.63) is 30.1 Å². The second-order valence-electron chi connectivity index (χ2n) is 5.06. The van der Waals surface area contributed by atoms with Crippen LogP contribution in [0, 0.1) is 5.82 Å². The van der Waals surface area contributed by atoms with Gasteiger partial charge in [-0.2, -0.15) is 0 Å². The van der Waals surface area contributed by atoms with Crippen LogP contribution in [0.25, 0.3) is 0 Å². The molecule has 0 saturated carbocycles. The van der Waals surface area contributed by atoms with Crippen LogP contribution in [-0.4, -0.2) is 30.1 Å². The zero-order valence-electron chi connectivity index (χ0n) is 10.6. The molecule has 3 heteroatoms. The molecule has 1 aromatic carbocycles. The van der Waals surface area contributed by atoms with E-state index < -0.39 is 0 Å². The van der Waals surface area contributed by atoms with Gasteiger partial charge in [0.05, 0.1) is 0 Å². The summed E-state index contributed by atoms with van der Waals surface area (Å²) in [5.41, 5.74) is 0.896. The molecule has 1 N–H and O–H groups in total. The Kier molecular flexibility index (Phi) is 4.00. The fraction of sp³-hybridized carbons (Fsp3) is 0.571. The summed E-state index contributed by atoms with van der Waals surface area (Å²) in [7, 11) is 0. The number of anilines is 1. The Bertz CT molecular complexity index is 357. The third-order valence-corrected chi connectivity index (χ3v) is 3.46.